The molecule has 0 aliphatic rings. The van der Waals surface area contributed by atoms with Gasteiger partial charge >= 0.3 is 0 Å². The van der Waals surface area contributed by atoms with Crippen LogP contribution in [0.3, 0.4) is 0 Å². The highest BCUT2D eigenvalue weighted by Crippen LogP contribution is 2.41. The quantitative estimate of drug-likeness (QED) is 0.676. The van der Waals surface area contributed by atoms with Crippen molar-refractivity contribution in [3.63, 3.8) is 0 Å². The van der Waals surface area contributed by atoms with Crippen molar-refractivity contribution in [3.8, 4) is 28.4 Å². The number of carbonyl (C=O) groups excluding carboxylic acids is 1. The molecule has 2 rings (SSSR count). The van der Waals surface area contributed by atoms with Crippen molar-refractivity contribution >= 4 is 12.0 Å². The summed E-state index contributed by atoms with van der Waals surface area (Å²) in [5.41, 5.74) is 8.52. The van der Waals surface area contributed by atoms with E-state index in [0.717, 1.165) is 11.8 Å². The number of nitrogens with two attached hydrogens (primary N) is 1. The molecule has 0 radical (unpaired) electrons. The monoisotopic (exact) mass is 287 g/mol. The van der Waals surface area contributed by atoms with Gasteiger partial charge in [0.05, 0.1) is 21.3 Å². The van der Waals surface area contributed by atoms with Crippen molar-refractivity contribution in [2.45, 2.75) is 0 Å². The molecule has 110 valence electrons. The van der Waals surface area contributed by atoms with Crippen LogP contribution in [0.5, 0.6) is 17.2 Å². The van der Waals surface area contributed by atoms with E-state index in [4.69, 9.17) is 19.9 Å². The molecular formula is C16H17NO4. The SMILES string of the molecule is COc1ccc(-c2cc(C=O)cc(OC)c2OC)c(N)c1. The Balaban J connectivity index is 2.69. The van der Waals surface area contributed by atoms with E-state index in [0.29, 0.717) is 34.1 Å². The summed E-state index contributed by atoms with van der Waals surface area (Å²) >= 11 is 0. The van der Waals surface area contributed by atoms with Crippen LogP contribution in [-0.4, -0.2) is 27.6 Å². The van der Waals surface area contributed by atoms with Crippen LogP contribution in [0.25, 0.3) is 11.1 Å². The summed E-state index contributed by atoms with van der Waals surface area (Å²) < 4.78 is 15.8. The first-order valence-electron chi connectivity index (χ1n) is 6.29. The van der Waals surface area contributed by atoms with Crippen LogP contribution in [0.15, 0.2) is 30.3 Å². The molecule has 0 saturated heterocycles. The number of methoxy groups -OCH3 is 3. The van der Waals surface area contributed by atoms with Gasteiger partial charge in [0.15, 0.2) is 11.5 Å². The van der Waals surface area contributed by atoms with Gasteiger partial charge in [0.2, 0.25) is 0 Å². The molecule has 0 bridgehead atoms. The summed E-state index contributed by atoms with van der Waals surface area (Å²) in [5, 5.41) is 0. The fraction of sp³-hybridized carbons (Fsp3) is 0.188. The zero-order chi connectivity index (χ0) is 15.4. The Hall–Kier alpha value is -2.69. The van der Waals surface area contributed by atoms with Crippen LogP contribution in [0, 0.1) is 0 Å². The van der Waals surface area contributed by atoms with Crippen LogP contribution in [0.2, 0.25) is 0 Å². The highest BCUT2D eigenvalue weighted by molar-refractivity contribution is 5.88. The van der Waals surface area contributed by atoms with Gasteiger partial charge in [-0.05, 0) is 24.3 Å². The number of rotatable bonds is 5. The number of hydrogen-bond donors (Lipinski definition) is 1. The summed E-state index contributed by atoms with van der Waals surface area (Å²) in [5.74, 6) is 1.67. The number of ether oxygens (including phenoxy) is 3. The van der Waals surface area contributed by atoms with Gasteiger partial charge in [0, 0.05) is 28.4 Å². The van der Waals surface area contributed by atoms with Crippen molar-refractivity contribution in [2.75, 3.05) is 27.1 Å². The number of anilines is 1. The lowest BCUT2D eigenvalue weighted by Gasteiger charge is -2.15. The molecule has 0 heterocycles. The molecule has 21 heavy (non-hydrogen) atoms. The highest BCUT2D eigenvalue weighted by Gasteiger charge is 2.16. The average Bonchev–Trinajstić information content (AvgIpc) is 2.53. The third-order valence-electron chi connectivity index (χ3n) is 3.19. The van der Waals surface area contributed by atoms with E-state index in [-0.39, 0.29) is 0 Å². The average molecular weight is 287 g/mol. The minimum absolute atomic E-state index is 0.479. The Morgan fingerprint density at radius 2 is 1.71 bits per heavy atom. The summed E-state index contributed by atoms with van der Waals surface area (Å²) in [7, 11) is 4.64. The molecule has 0 amide bonds. The first-order valence-corrected chi connectivity index (χ1v) is 6.29. The normalized spacial score (nSPS) is 10.0. The van der Waals surface area contributed by atoms with Gasteiger partial charge in [0.25, 0.3) is 0 Å². The maximum Gasteiger partial charge on any atom is 0.168 e. The summed E-state index contributed by atoms with van der Waals surface area (Å²) in [6, 6.07) is 8.67. The molecule has 0 atom stereocenters. The molecule has 0 spiro atoms. The van der Waals surface area contributed by atoms with Gasteiger partial charge in [-0.15, -0.1) is 0 Å². The van der Waals surface area contributed by atoms with Crippen molar-refractivity contribution < 1.29 is 19.0 Å². The number of aldehydes is 1. The topological polar surface area (TPSA) is 70.8 Å². The Kier molecular flexibility index (Phi) is 4.33. The number of carbonyl (C=O) groups is 1. The second-order valence-electron chi connectivity index (χ2n) is 4.38. The van der Waals surface area contributed by atoms with Crippen LogP contribution in [0.4, 0.5) is 5.69 Å². The zero-order valence-corrected chi connectivity index (χ0v) is 12.2. The van der Waals surface area contributed by atoms with Crippen molar-refractivity contribution in [1.29, 1.82) is 0 Å². The van der Waals surface area contributed by atoms with Gasteiger partial charge in [-0.3, -0.25) is 4.79 Å². The Morgan fingerprint density at radius 1 is 0.952 bits per heavy atom. The van der Waals surface area contributed by atoms with Crippen molar-refractivity contribution in [1.82, 2.24) is 0 Å². The van der Waals surface area contributed by atoms with E-state index in [1.165, 1.54) is 7.11 Å². The molecule has 0 aromatic heterocycles. The van der Waals surface area contributed by atoms with E-state index < -0.39 is 0 Å². The smallest absolute Gasteiger partial charge is 0.168 e. The van der Waals surface area contributed by atoms with E-state index in [1.807, 2.05) is 6.07 Å². The summed E-state index contributed by atoms with van der Waals surface area (Å²) in [6.45, 7) is 0. The van der Waals surface area contributed by atoms with Crippen LogP contribution in [-0.2, 0) is 0 Å². The van der Waals surface area contributed by atoms with E-state index >= 15 is 0 Å². The van der Waals surface area contributed by atoms with Gasteiger partial charge in [-0.25, -0.2) is 0 Å². The molecular weight excluding hydrogens is 270 g/mol. The first-order chi connectivity index (χ1) is 10.1. The lowest BCUT2D eigenvalue weighted by molar-refractivity contribution is 0.112. The molecule has 0 aliphatic heterocycles. The Labute approximate surface area is 123 Å². The van der Waals surface area contributed by atoms with Gasteiger partial charge in [0.1, 0.15) is 12.0 Å². The molecule has 5 nitrogen and oxygen atoms in total. The molecule has 2 aromatic rings. The van der Waals surface area contributed by atoms with Crippen LogP contribution < -0.4 is 19.9 Å². The number of nitrogen functional groups attached to an aromatic ring is 1. The minimum atomic E-state index is 0.479. The minimum Gasteiger partial charge on any atom is -0.497 e. The van der Waals surface area contributed by atoms with E-state index in [2.05, 4.69) is 0 Å². The third kappa shape index (κ3) is 2.76. The molecule has 0 unspecified atom stereocenters. The predicted molar refractivity (Wildman–Crippen MR) is 81.3 cm³/mol. The summed E-state index contributed by atoms with van der Waals surface area (Å²) in [4.78, 5) is 11.1. The van der Waals surface area contributed by atoms with Gasteiger partial charge in [-0.1, -0.05) is 0 Å². The van der Waals surface area contributed by atoms with Crippen molar-refractivity contribution in [2.24, 2.45) is 0 Å². The highest BCUT2D eigenvalue weighted by atomic mass is 16.5. The van der Waals surface area contributed by atoms with Crippen LogP contribution >= 0.6 is 0 Å². The fourth-order valence-electron chi connectivity index (χ4n) is 2.17. The molecule has 2 N–H and O–H groups in total. The van der Waals surface area contributed by atoms with Gasteiger partial charge in [-0.2, -0.15) is 0 Å². The third-order valence-corrected chi connectivity index (χ3v) is 3.19. The molecule has 0 fully saturated rings. The zero-order valence-electron chi connectivity index (χ0n) is 12.2. The second kappa shape index (κ2) is 6.17. The largest absolute Gasteiger partial charge is 0.497 e. The fourth-order valence-corrected chi connectivity index (χ4v) is 2.17. The lowest BCUT2D eigenvalue weighted by atomic mass is 9.99. The predicted octanol–water partition coefficient (Wildman–Crippen LogP) is 2.77. The van der Waals surface area contributed by atoms with Gasteiger partial charge < -0.3 is 19.9 Å². The molecule has 2 aromatic carbocycles. The van der Waals surface area contributed by atoms with Crippen LogP contribution in [0.1, 0.15) is 10.4 Å². The molecule has 0 saturated carbocycles. The second-order valence-corrected chi connectivity index (χ2v) is 4.38. The Bertz CT molecular complexity index is 668. The molecule has 0 aliphatic carbocycles. The first kappa shape index (κ1) is 14.7. The number of benzene rings is 2. The molecule has 5 heteroatoms. The standard InChI is InChI=1S/C16H17NO4/c1-19-11-4-5-12(14(17)8-11)13-6-10(9-18)7-15(20-2)16(13)21-3/h4-9H,17H2,1-3H3. The lowest BCUT2D eigenvalue weighted by Crippen LogP contribution is -1.98. The maximum absolute atomic E-state index is 11.1. The van der Waals surface area contributed by atoms with E-state index in [9.17, 15) is 4.79 Å². The summed E-state index contributed by atoms with van der Waals surface area (Å²) in [6.07, 6.45) is 0.755. The maximum atomic E-state index is 11.1. The van der Waals surface area contributed by atoms with Crippen molar-refractivity contribution in [3.05, 3.63) is 35.9 Å². The van der Waals surface area contributed by atoms with E-state index in [1.54, 1.807) is 38.5 Å². The Morgan fingerprint density at radius 3 is 2.24 bits per heavy atom. The number of hydrogen-bond acceptors (Lipinski definition) is 5.